The number of nitrogens with one attached hydrogen (secondary N) is 1. The number of hydrogen-bond donors (Lipinski definition) is 2. The lowest BCUT2D eigenvalue weighted by molar-refractivity contribution is -0.136. The smallest absolute Gasteiger partial charge is 0.317 e. The van der Waals surface area contributed by atoms with Crippen molar-refractivity contribution in [1.29, 1.82) is 0 Å². The fourth-order valence-corrected chi connectivity index (χ4v) is 0.509. The lowest BCUT2D eigenvalue weighted by Crippen LogP contribution is -2.37. The van der Waals surface area contributed by atoms with Crippen LogP contribution >= 0.6 is 0 Å². The quantitative estimate of drug-likeness (QED) is 0.524. The molecule has 0 aromatic carbocycles. The van der Waals surface area contributed by atoms with Crippen molar-refractivity contribution in [2.75, 3.05) is 6.54 Å². The van der Waals surface area contributed by atoms with E-state index in [9.17, 15) is 9.59 Å². The van der Waals surface area contributed by atoms with Crippen LogP contribution in [0.15, 0.2) is 0 Å². The zero-order chi connectivity index (χ0) is 8.85. The van der Waals surface area contributed by atoms with Crippen LogP contribution in [0.5, 0.6) is 0 Å². The lowest BCUT2D eigenvalue weighted by Gasteiger charge is -2.05. The van der Waals surface area contributed by atoms with Crippen LogP contribution in [0.25, 0.3) is 0 Å². The Hall–Kier alpha value is -1.34. The Balaban J connectivity index is 3.82. The molecular weight excluding hydrogens is 146 g/mol. The maximum Gasteiger partial charge on any atom is 0.317 e. The van der Waals surface area contributed by atoms with Gasteiger partial charge in [-0.05, 0) is 6.92 Å². The second-order valence-corrected chi connectivity index (χ2v) is 1.98. The third-order valence-electron chi connectivity index (χ3n) is 1.03. The molecule has 1 atom stereocenters. The summed E-state index contributed by atoms with van der Waals surface area (Å²) in [6.45, 7) is 1.01. The molecule has 4 nitrogen and oxygen atoms in total. The summed E-state index contributed by atoms with van der Waals surface area (Å²) in [5, 5.41) is 10.6. The van der Waals surface area contributed by atoms with Gasteiger partial charge in [-0.3, -0.25) is 14.9 Å². The molecule has 0 saturated heterocycles. The highest BCUT2D eigenvalue weighted by Gasteiger charge is 2.10. The summed E-state index contributed by atoms with van der Waals surface area (Å²) in [4.78, 5) is 20.6. The summed E-state index contributed by atoms with van der Waals surface area (Å²) < 4.78 is 0. The van der Waals surface area contributed by atoms with Crippen molar-refractivity contribution in [1.82, 2.24) is 5.32 Å². The second-order valence-electron chi connectivity index (χ2n) is 1.98. The maximum absolute atomic E-state index is 10.6. The molecule has 0 radical (unpaired) electrons. The fraction of sp³-hybridized carbons (Fsp3) is 0.429. The molecule has 0 rings (SSSR count). The summed E-state index contributed by atoms with van der Waals surface area (Å²) in [6.07, 6.45) is 4.93. The molecule has 0 aliphatic rings. The first kappa shape index (κ1) is 9.66. The molecule has 0 aromatic rings. The minimum Gasteiger partial charge on any atom is -0.480 e. The third kappa shape index (κ3) is 4.12. The summed E-state index contributed by atoms with van der Waals surface area (Å²) in [6, 6.07) is -0.786. The van der Waals surface area contributed by atoms with E-state index >= 15 is 0 Å². The Morgan fingerprint density at radius 3 is 2.55 bits per heavy atom. The van der Waals surface area contributed by atoms with Gasteiger partial charge in [0.1, 0.15) is 6.04 Å². The van der Waals surface area contributed by atoms with Gasteiger partial charge in [0, 0.05) is 0 Å². The molecule has 4 heteroatoms. The number of hydrogen-bond acceptors (Lipinski definition) is 3. The van der Waals surface area contributed by atoms with Gasteiger partial charge in [-0.15, -0.1) is 6.42 Å². The summed E-state index contributed by atoms with van der Waals surface area (Å²) in [7, 11) is 0. The minimum atomic E-state index is -1.04. The van der Waals surface area contributed by atoms with Crippen LogP contribution < -0.4 is 5.32 Å². The van der Waals surface area contributed by atoms with Crippen molar-refractivity contribution in [3.63, 3.8) is 0 Å². The third-order valence-corrected chi connectivity index (χ3v) is 1.03. The average molecular weight is 155 g/mol. The standard InChI is InChI=1S/C7H9NO3/c1-3-6(5(2)9)8-4-7(10)11/h1,6,8H,4H2,2H3,(H,10,11). The van der Waals surface area contributed by atoms with E-state index in [1.54, 1.807) is 0 Å². The monoisotopic (exact) mass is 155 g/mol. The highest BCUT2D eigenvalue weighted by molar-refractivity contribution is 5.85. The van der Waals surface area contributed by atoms with Crippen LogP contribution in [0.3, 0.4) is 0 Å². The van der Waals surface area contributed by atoms with Crippen molar-refractivity contribution in [2.45, 2.75) is 13.0 Å². The summed E-state index contributed by atoms with van der Waals surface area (Å²) >= 11 is 0. The first-order valence-corrected chi connectivity index (χ1v) is 2.99. The number of ketones is 1. The van der Waals surface area contributed by atoms with E-state index < -0.39 is 12.0 Å². The van der Waals surface area contributed by atoms with E-state index in [2.05, 4.69) is 11.2 Å². The summed E-state index contributed by atoms with van der Waals surface area (Å²) in [5.74, 6) is 0.841. The van der Waals surface area contributed by atoms with Gasteiger partial charge in [-0.1, -0.05) is 5.92 Å². The van der Waals surface area contributed by atoms with Crippen LogP contribution in [0.2, 0.25) is 0 Å². The molecule has 0 heterocycles. The van der Waals surface area contributed by atoms with Gasteiger partial charge in [0.2, 0.25) is 0 Å². The molecule has 11 heavy (non-hydrogen) atoms. The number of carboxylic acids is 1. The number of terminal acetylenes is 1. The highest BCUT2D eigenvalue weighted by Crippen LogP contribution is 1.81. The van der Waals surface area contributed by atoms with Gasteiger partial charge < -0.3 is 5.11 Å². The van der Waals surface area contributed by atoms with Crippen molar-refractivity contribution in [3.8, 4) is 12.3 Å². The topological polar surface area (TPSA) is 66.4 Å². The molecule has 0 amide bonds. The number of carbonyl (C=O) groups is 2. The van der Waals surface area contributed by atoms with E-state index in [4.69, 9.17) is 11.5 Å². The van der Waals surface area contributed by atoms with E-state index in [1.807, 2.05) is 0 Å². The molecule has 2 N–H and O–H groups in total. The Bertz CT molecular complexity index is 204. The van der Waals surface area contributed by atoms with Gasteiger partial charge in [-0.2, -0.15) is 0 Å². The van der Waals surface area contributed by atoms with E-state index in [0.717, 1.165) is 0 Å². The zero-order valence-corrected chi connectivity index (χ0v) is 6.13. The Morgan fingerprint density at radius 2 is 2.27 bits per heavy atom. The van der Waals surface area contributed by atoms with Crippen molar-refractivity contribution >= 4 is 11.8 Å². The summed E-state index contributed by atoms with van der Waals surface area (Å²) in [5.41, 5.74) is 0. The molecule has 0 saturated carbocycles. The second kappa shape index (κ2) is 4.47. The van der Waals surface area contributed by atoms with Crippen LogP contribution in [0.1, 0.15) is 6.92 Å². The minimum absolute atomic E-state index is 0.256. The van der Waals surface area contributed by atoms with Gasteiger partial charge in [0.05, 0.1) is 6.54 Å². The predicted octanol–water partition coefficient (Wildman–Crippen LogP) is -0.749. The molecule has 0 aliphatic heterocycles. The highest BCUT2D eigenvalue weighted by atomic mass is 16.4. The van der Waals surface area contributed by atoms with E-state index in [1.165, 1.54) is 6.92 Å². The van der Waals surface area contributed by atoms with Gasteiger partial charge in [0.15, 0.2) is 5.78 Å². The molecule has 0 aromatic heterocycles. The molecule has 1 unspecified atom stereocenters. The first-order chi connectivity index (χ1) is 5.07. The average Bonchev–Trinajstić information content (AvgIpc) is 1.87. The molecule has 0 spiro atoms. The number of aliphatic carboxylic acids is 1. The molecule has 0 fully saturated rings. The van der Waals surface area contributed by atoms with Crippen LogP contribution in [-0.4, -0.2) is 29.4 Å². The number of rotatable bonds is 4. The van der Waals surface area contributed by atoms with E-state index in [0.29, 0.717) is 0 Å². The molecule has 60 valence electrons. The molecular formula is C7H9NO3. The number of carboxylic acid groups (broad SMARTS) is 1. The Labute approximate surface area is 64.6 Å². The van der Waals surface area contributed by atoms with Gasteiger partial charge in [0.25, 0.3) is 0 Å². The molecule has 0 aliphatic carbocycles. The van der Waals surface area contributed by atoms with Gasteiger partial charge >= 0.3 is 5.97 Å². The number of Topliss-reactive ketones (excluding diaryl/α,β-unsaturated/α-hetero) is 1. The first-order valence-electron chi connectivity index (χ1n) is 2.99. The largest absolute Gasteiger partial charge is 0.480 e. The Morgan fingerprint density at radius 1 is 1.73 bits per heavy atom. The predicted molar refractivity (Wildman–Crippen MR) is 38.9 cm³/mol. The Kier molecular flexibility index (Phi) is 3.93. The van der Waals surface area contributed by atoms with Crippen molar-refractivity contribution in [2.24, 2.45) is 0 Å². The molecule has 0 bridgehead atoms. The van der Waals surface area contributed by atoms with Gasteiger partial charge in [-0.25, -0.2) is 0 Å². The lowest BCUT2D eigenvalue weighted by atomic mass is 10.2. The van der Waals surface area contributed by atoms with Crippen LogP contribution in [0, 0.1) is 12.3 Å². The van der Waals surface area contributed by atoms with Crippen LogP contribution in [-0.2, 0) is 9.59 Å². The maximum atomic E-state index is 10.6. The zero-order valence-electron chi connectivity index (χ0n) is 6.13. The number of carbonyl (C=O) groups excluding carboxylic acids is 1. The van der Waals surface area contributed by atoms with Crippen LogP contribution in [0.4, 0.5) is 0 Å². The van der Waals surface area contributed by atoms with E-state index in [-0.39, 0.29) is 12.3 Å². The normalized spacial score (nSPS) is 11.6. The SMILES string of the molecule is C#CC(NCC(=O)O)C(C)=O. The fourth-order valence-electron chi connectivity index (χ4n) is 0.509. The van der Waals surface area contributed by atoms with Crippen molar-refractivity contribution in [3.05, 3.63) is 0 Å². The van der Waals surface area contributed by atoms with Crippen molar-refractivity contribution < 1.29 is 14.7 Å².